The highest BCUT2D eigenvalue weighted by atomic mass is 35.5. The van der Waals surface area contributed by atoms with Crippen LogP contribution in [0.5, 0.6) is 5.75 Å². The van der Waals surface area contributed by atoms with Gasteiger partial charge in [-0.3, -0.25) is 0 Å². The van der Waals surface area contributed by atoms with Gasteiger partial charge in [0.05, 0.1) is 11.1 Å². The number of carboxylic acids is 1. The van der Waals surface area contributed by atoms with Crippen LogP contribution in [-0.2, 0) is 4.79 Å². The van der Waals surface area contributed by atoms with Crippen molar-refractivity contribution in [2.45, 2.75) is 18.6 Å². The van der Waals surface area contributed by atoms with E-state index in [1.54, 1.807) is 0 Å². The number of hydrogen-bond donors (Lipinski definition) is 2. The fraction of sp³-hybridized carbons (Fsp3) is 0.300. The highest BCUT2D eigenvalue weighted by Crippen LogP contribution is 2.37. The van der Waals surface area contributed by atoms with Gasteiger partial charge in [-0.15, -0.1) is 0 Å². The largest absolute Gasteiger partial charge is 0.479 e. The van der Waals surface area contributed by atoms with Gasteiger partial charge in [-0.25, -0.2) is 9.18 Å². The molecule has 86 valence electrons. The fourth-order valence-corrected chi connectivity index (χ4v) is 1.76. The van der Waals surface area contributed by atoms with E-state index in [-0.39, 0.29) is 17.2 Å². The molecule has 4 nitrogen and oxygen atoms in total. The third kappa shape index (κ3) is 1.83. The molecular formula is C10H8ClFO4. The van der Waals surface area contributed by atoms with Gasteiger partial charge >= 0.3 is 5.97 Å². The molecule has 0 radical (unpaired) electrons. The summed E-state index contributed by atoms with van der Waals surface area (Å²) in [7, 11) is 0. The number of fused-ring (bicyclic) bond motifs is 1. The second-order valence-corrected chi connectivity index (χ2v) is 3.91. The average molecular weight is 247 g/mol. The minimum absolute atomic E-state index is 0.0213. The number of aliphatic carboxylic acids is 1. The van der Waals surface area contributed by atoms with Crippen molar-refractivity contribution in [3.05, 3.63) is 28.5 Å². The molecule has 0 saturated heterocycles. The first-order valence-corrected chi connectivity index (χ1v) is 4.93. The van der Waals surface area contributed by atoms with Crippen molar-refractivity contribution in [3.8, 4) is 5.75 Å². The van der Waals surface area contributed by atoms with Crippen LogP contribution >= 0.6 is 11.6 Å². The number of carboxylic acid groups (broad SMARTS) is 1. The van der Waals surface area contributed by atoms with E-state index in [4.69, 9.17) is 21.4 Å². The first-order chi connectivity index (χ1) is 7.49. The quantitative estimate of drug-likeness (QED) is 0.792. The van der Waals surface area contributed by atoms with Crippen molar-refractivity contribution in [2.75, 3.05) is 0 Å². The molecule has 0 fully saturated rings. The van der Waals surface area contributed by atoms with Crippen molar-refractivity contribution in [1.29, 1.82) is 0 Å². The third-order valence-electron chi connectivity index (χ3n) is 2.39. The fourth-order valence-electron chi connectivity index (χ4n) is 1.59. The smallest absolute Gasteiger partial charge is 0.345 e. The van der Waals surface area contributed by atoms with E-state index in [0.717, 1.165) is 6.07 Å². The maximum atomic E-state index is 13.1. The predicted octanol–water partition coefficient (Wildman–Crippen LogP) is 1.75. The zero-order valence-electron chi connectivity index (χ0n) is 7.98. The molecule has 0 saturated carbocycles. The Morgan fingerprint density at radius 1 is 1.56 bits per heavy atom. The lowest BCUT2D eigenvalue weighted by atomic mass is 9.99. The molecule has 0 spiro atoms. The zero-order valence-corrected chi connectivity index (χ0v) is 8.74. The van der Waals surface area contributed by atoms with E-state index in [1.165, 1.54) is 6.07 Å². The maximum Gasteiger partial charge on any atom is 0.345 e. The summed E-state index contributed by atoms with van der Waals surface area (Å²) in [5.74, 6) is -1.88. The molecule has 0 aromatic heterocycles. The van der Waals surface area contributed by atoms with Gasteiger partial charge in [-0.1, -0.05) is 11.6 Å². The molecule has 2 atom stereocenters. The molecule has 1 aliphatic heterocycles. The molecule has 1 aromatic rings. The first kappa shape index (κ1) is 11.2. The van der Waals surface area contributed by atoms with Crippen LogP contribution in [-0.4, -0.2) is 22.3 Å². The number of benzene rings is 1. The topological polar surface area (TPSA) is 66.8 Å². The number of hydrogen-bond acceptors (Lipinski definition) is 3. The van der Waals surface area contributed by atoms with Gasteiger partial charge in [0.25, 0.3) is 0 Å². The van der Waals surface area contributed by atoms with Gasteiger partial charge in [0.15, 0.2) is 6.10 Å². The van der Waals surface area contributed by atoms with E-state index in [1.807, 2.05) is 0 Å². The Morgan fingerprint density at radius 3 is 2.88 bits per heavy atom. The van der Waals surface area contributed by atoms with Crippen molar-refractivity contribution < 1.29 is 24.1 Å². The minimum atomic E-state index is -1.19. The first-order valence-electron chi connectivity index (χ1n) is 4.55. The van der Waals surface area contributed by atoms with Crippen molar-refractivity contribution in [1.82, 2.24) is 0 Å². The molecule has 16 heavy (non-hydrogen) atoms. The Balaban J connectivity index is 2.42. The molecular weight excluding hydrogens is 239 g/mol. The molecule has 0 aliphatic carbocycles. The van der Waals surface area contributed by atoms with Gasteiger partial charge in [-0.05, 0) is 6.07 Å². The molecule has 1 aliphatic rings. The van der Waals surface area contributed by atoms with Gasteiger partial charge in [0.1, 0.15) is 11.6 Å². The molecule has 0 unspecified atom stereocenters. The van der Waals surface area contributed by atoms with Crippen LogP contribution < -0.4 is 4.74 Å². The number of ether oxygens (including phenoxy) is 1. The number of rotatable bonds is 1. The molecule has 2 N–H and O–H groups in total. The Kier molecular flexibility index (Phi) is 2.73. The average Bonchev–Trinajstić information content (AvgIpc) is 2.20. The monoisotopic (exact) mass is 246 g/mol. The summed E-state index contributed by atoms with van der Waals surface area (Å²) in [6, 6.07) is 2.23. The summed E-state index contributed by atoms with van der Waals surface area (Å²) < 4.78 is 18.2. The van der Waals surface area contributed by atoms with E-state index in [2.05, 4.69) is 0 Å². The maximum absolute atomic E-state index is 13.1. The molecule has 0 bridgehead atoms. The second-order valence-electron chi connectivity index (χ2n) is 3.50. The van der Waals surface area contributed by atoms with E-state index < -0.39 is 24.0 Å². The normalized spacial score (nSPS) is 23.4. The molecule has 2 rings (SSSR count). The zero-order chi connectivity index (χ0) is 11.9. The van der Waals surface area contributed by atoms with Crippen LogP contribution in [0.4, 0.5) is 4.39 Å². The number of aliphatic hydroxyl groups is 1. The summed E-state index contributed by atoms with van der Waals surface area (Å²) in [5, 5.41) is 18.3. The Hall–Kier alpha value is -1.33. The summed E-state index contributed by atoms with van der Waals surface area (Å²) in [5.41, 5.74) is 0.309. The SMILES string of the molecule is O=C(O)[C@@H]1C[C@@H](O)c2cc(Cl)c(F)cc2O1. The Labute approximate surface area is 95.2 Å². The van der Waals surface area contributed by atoms with Crippen molar-refractivity contribution >= 4 is 17.6 Å². The summed E-state index contributed by atoms with van der Waals surface area (Å²) in [6.07, 6.45) is -2.25. The third-order valence-corrected chi connectivity index (χ3v) is 2.68. The Bertz CT molecular complexity index is 449. The van der Waals surface area contributed by atoms with Crippen molar-refractivity contribution in [2.24, 2.45) is 0 Å². The standard InChI is InChI=1S/C10H8ClFO4/c11-5-1-4-7(13)3-9(10(14)15)16-8(4)2-6(5)12/h1-2,7,9,13H,3H2,(H,14,15)/t7-,9+/m1/s1. The van der Waals surface area contributed by atoms with Gasteiger partial charge in [0, 0.05) is 18.1 Å². The Morgan fingerprint density at radius 2 is 2.25 bits per heavy atom. The van der Waals surface area contributed by atoms with Gasteiger partial charge < -0.3 is 14.9 Å². The van der Waals surface area contributed by atoms with Crippen LogP contribution in [0.15, 0.2) is 12.1 Å². The predicted molar refractivity (Wildman–Crippen MR) is 53.0 cm³/mol. The van der Waals surface area contributed by atoms with Crippen LogP contribution in [0.3, 0.4) is 0 Å². The van der Waals surface area contributed by atoms with E-state index in [9.17, 15) is 14.3 Å². The number of halogens is 2. The van der Waals surface area contributed by atoms with Crippen LogP contribution in [0.1, 0.15) is 18.1 Å². The molecule has 1 heterocycles. The number of aliphatic hydroxyl groups excluding tert-OH is 1. The van der Waals surface area contributed by atoms with Gasteiger partial charge in [0.2, 0.25) is 0 Å². The summed E-state index contributed by atoms with van der Waals surface area (Å²) in [6.45, 7) is 0. The lowest BCUT2D eigenvalue weighted by Crippen LogP contribution is -2.33. The summed E-state index contributed by atoms with van der Waals surface area (Å²) in [4.78, 5) is 10.7. The second kappa shape index (κ2) is 3.92. The lowest BCUT2D eigenvalue weighted by molar-refractivity contribution is -0.147. The van der Waals surface area contributed by atoms with E-state index >= 15 is 0 Å². The molecule has 6 heteroatoms. The lowest BCUT2D eigenvalue weighted by Gasteiger charge is -2.27. The van der Waals surface area contributed by atoms with Crippen molar-refractivity contribution in [3.63, 3.8) is 0 Å². The summed E-state index contributed by atoms with van der Waals surface area (Å²) >= 11 is 5.55. The van der Waals surface area contributed by atoms with E-state index in [0.29, 0.717) is 5.56 Å². The van der Waals surface area contributed by atoms with Gasteiger partial charge in [-0.2, -0.15) is 0 Å². The number of carbonyl (C=O) groups is 1. The highest BCUT2D eigenvalue weighted by molar-refractivity contribution is 6.30. The van der Waals surface area contributed by atoms with Crippen LogP contribution in [0, 0.1) is 5.82 Å². The minimum Gasteiger partial charge on any atom is -0.479 e. The van der Waals surface area contributed by atoms with Crippen LogP contribution in [0.25, 0.3) is 0 Å². The van der Waals surface area contributed by atoms with Crippen LogP contribution in [0.2, 0.25) is 5.02 Å². The molecule has 0 amide bonds. The molecule has 1 aromatic carbocycles. The highest BCUT2D eigenvalue weighted by Gasteiger charge is 2.32.